The molecular formula is C29H41N7O2. The molecule has 2 saturated heterocycles. The van der Waals surface area contributed by atoms with Gasteiger partial charge in [0.15, 0.2) is 0 Å². The van der Waals surface area contributed by atoms with Gasteiger partial charge in [-0.3, -0.25) is 14.9 Å². The van der Waals surface area contributed by atoms with Crippen LogP contribution in [0.3, 0.4) is 0 Å². The maximum absolute atomic E-state index is 11.7. The van der Waals surface area contributed by atoms with Crippen LogP contribution in [0.15, 0.2) is 35.6 Å². The quantitative estimate of drug-likeness (QED) is 0.401. The molecule has 0 unspecified atom stereocenters. The van der Waals surface area contributed by atoms with Crippen molar-refractivity contribution in [3.05, 3.63) is 36.3 Å². The number of nitrogens with one attached hydrogen (secondary N) is 1. The SMILES string of the molecule is CN1C[C@H]2C[C@@H]1CN2c1ccc2ncc(C(C=NC3CC(CCCNC(=O)OC(C)(C)C)C3)=CN)nc2c1. The summed E-state index contributed by atoms with van der Waals surface area (Å²) in [6.45, 7) is 8.43. The van der Waals surface area contributed by atoms with Gasteiger partial charge in [-0.05, 0) is 84.0 Å². The largest absolute Gasteiger partial charge is 0.444 e. The first-order valence-electron chi connectivity index (χ1n) is 13.8. The van der Waals surface area contributed by atoms with Crippen LogP contribution in [0.1, 0.15) is 58.6 Å². The number of hydrogen-bond donors (Lipinski definition) is 2. The van der Waals surface area contributed by atoms with Gasteiger partial charge in [-0.2, -0.15) is 0 Å². The molecule has 1 amide bonds. The van der Waals surface area contributed by atoms with Gasteiger partial charge in [-0.1, -0.05) is 0 Å². The molecule has 3 N–H and O–H groups in total. The van der Waals surface area contributed by atoms with E-state index in [1.807, 2.05) is 27.0 Å². The third kappa shape index (κ3) is 6.09. The number of fused-ring (bicyclic) bond motifs is 3. The Bertz CT molecular complexity index is 1210. The number of likely N-dealkylation sites (N-methyl/N-ethyl adjacent to an activating group) is 1. The smallest absolute Gasteiger partial charge is 0.407 e. The predicted octanol–water partition coefficient (Wildman–Crippen LogP) is 3.98. The third-order valence-electron chi connectivity index (χ3n) is 7.94. The van der Waals surface area contributed by atoms with Crippen LogP contribution in [-0.2, 0) is 4.74 Å². The van der Waals surface area contributed by atoms with Crippen LogP contribution in [0.5, 0.6) is 0 Å². The van der Waals surface area contributed by atoms with Crippen LogP contribution in [0.2, 0.25) is 0 Å². The maximum atomic E-state index is 11.7. The zero-order valence-electron chi connectivity index (χ0n) is 23.1. The van der Waals surface area contributed by atoms with Crippen LogP contribution in [-0.4, -0.2) is 77.6 Å². The molecule has 3 fully saturated rings. The van der Waals surface area contributed by atoms with Gasteiger partial charge in [0.05, 0.1) is 29.0 Å². The second kappa shape index (κ2) is 10.9. The van der Waals surface area contributed by atoms with Crippen molar-refractivity contribution in [1.82, 2.24) is 20.2 Å². The predicted molar refractivity (Wildman–Crippen MR) is 152 cm³/mol. The average molecular weight is 520 g/mol. The summed E-state index contributed by atoms with van der Waals surface area (Å²) < 4.78 is 5.27. The zero-order chi connectivity index (χ0) is 26.9. The second-order valence-corrected chi connectivity index (χ2v) is 12.0. The number of carbonyl (C=O) groups is 1. The number of likely N-dealkylation sites (tertiary alicyclic amines) is 1. The second-order valence-electron chi connectivity index (χ2n) is 12.0. The fraction of sp³-hybridized carbons (Fsp3) is 0.586. The van der Waals surface area contributed by atoms with E-state index in [0.717, 1.165) is 61.1 Å². The number of amides is 1. The lowest BCUT2D eigenvalue weighted by atomic mass is 9.78. The maximum Gasteiger partial charge on any atom is 0.407 e. The van der Waals surface area contributed by atoms with Crippen molar-refractivity contribution < 1.29 is 9.53 Å². The number of anilines is 1. The van der Waals surface area contributed by atoms with Gasteiger partial charge in [-0.25, -0.2) is 9.78 Å². The Hall–Kier alpha value is -3.20. The van der Waals surface area contributed by atoms with Crippen LogP contribution in [0.4, 0.5) is 10.5 Å². The van der Waals surface area contributed by atoms with E-state index in [9.17, 15) is 4.79 Å². The molecule has 3 aliphatic rings. The van der Waals surface area contributed by atoms with Crippen LogP contribution in [0.25, 0.3) is 16.6 Å². The number of nitrogens with two attached hydrogens (primary N) is 1. The van der Waals surface area contributed by atoms with Gasteiger partial charge < -0.3 is 20.7 Å². The fourth-order valence-corrected chi connectivity index (χ4v) is 5.83. The molecule has 2 atom stereocenters. The van der Waals surface area contributed by atoms with Gasteiger partial charge in [0.2, 0.25) is 0 Å². The van der Waals surface area contributed by atoms with E-state index < -0.39 is 5.60 Å². The van der Waals surface area contributed by atoms with Crippen LogP contribution < -0.4 is 16.0 Å². The van der Waals surface area contributed by atoms with E-state index >= 15 is 0 Å². The Morgan fingerprint density at radius 2 is 2.03 bits per heavy atom. The Morgan fingerprint density at radius 1 is 1.21 bits per heavy atom. The normalized spacial score (nSPS) is 25.8. The number of aromatic nitrogens is 2. The minimum atomic E-state index is -0.466. The van der Waals surface area contributed by atoms with E-state index in [4.69, 9.17) is 20.4 Å². The number of nitrogens with zero attached hydrogens (tertiary/aromatic N) is 5. The Kier molecular flexibility index (Phi) is 7.56. The average Bonchev–Trinajstić information content (AvgIpc) is 3.42. The van der Waals surface area contributed by atoms with Crippen LogP contribution in [0, 0.1) is 5.92 Å². The van der Waals surface area contributed by atoms with Crippen molar-refractivity contribution in [3.63, 3.8) is 0 Å². The zero-order valence-corrected chi connectivity index (χ0v) is 23.1. The lowest BCUT2D eigenvalue weighted by Gasteiger charge is -2.33. The van der Waals surface area contributed by atoms with E-state index in [2.05, 4.69) is 45.3 Å². The van der Waals surface area contributed by atoms with Gasteiger partial charge in [0.1, 0.15) is 5.60 Å². The van der Waals surface area contributed by atoms with Crippen molar-refractivity contribution in [1.29, 1.82) is 0 Å². The highest BCUT2D eigenvalue weighted by Gasteiger charge is 2.41. The minimum absolute atomic E-state index is 0.303. The number of carbonyl (C=O) groups excluding carboxylic acids is 1. The van der Waals surface area contributed by atoms with E-state index in [1.165, 1.54) is 12.1 Å². The molecule has 38 heavy (non-hydrogen) atoms. The monoisotopic (exact) mass is 519 g/mol. The molecular weight excluding hydrogens is 478 g/mol. The number of aliphatic imine (C=N–C) groups is 1. The molecule has 1 aromatic heterocycles. The molecule has 1 aliphatic carbocycles. The van der Waals surface area contributed by atoms with Crippen molar-refractivity contribution in [3.8, 4) is 0 Å². The first-order chi connectivity index (χ1) is 18.2. The van der Waals surface area contributed by atoms with Crippen LogP contribution >= 0.6 is 0 Å². The summed E-state index contributed by atoms with van der Waals surface area (Å²) in [7, 11) is 2.22. The van der Waals surface area contributed by atoms with Gasteiger partial charge in [0, 0.05) is 55.4 Å². The highest BCUT2D eigenvalue weighted by atomic mass is 16.6. The number of rotatable bonds is 8. The standard InChI is InChI=1S/C29H41N7O2/c1-29(2,3)38-28(37)31-9-5-6-19-10-21(11-19)32-15-20(14-30)27-16-33-25-8-7-22(13-26(25)34-27)36-18-23-12-24(36)17-35(23)4/h7-8,13-16,19,21,23-24H,5-6,9-12,17-18,30H2,1-4H3,(H,31,37)/t19?,21?,23-,24-/m1/s1. The summed E-state index contributed by atoms with van der Waals surface area (Å²) in [5.74, 6) is 0.641. The number of piperazine rings is 1. The summed E-state index contributed by atoms with van der Waals surface area (Å²) in [4.78, 5) is 31.0. The Morgan fingerprint density at radius 3 is 2.71 bits per heavy atom. The first kappa shape index (κ1) is 26.4. The topological polar surface area (TPSA) is 109 Å². The van der Waals surface area contributed by atoms with E-state index in [0.29, 0.717) is 30.6 Å². The third-order valence-corrected chi connectivity index (χ3v) is 7.94. The number of hydrogen-bond acceptors (Lipinski definition) is 8. The summed E-state index contributed by atoms with van der Waals surface area (Å²) >= 11 is 0. The number of alkyl carbamates (subject to hydrolysis) is 1. The number of allylic oxidation sites excluding steroid dienone is 1. The summed E-state index contributed by atoms with van der Waals surface area (Å²) in [5, 5.41) is 2.83. The van der Waals surface area contributed by atoms with Gasteiger partial charge >= 0.3 is 6.09 Å². The molecule has 0 spiro atoms. The van der Waals surface area contributed by atoms with Crippen molar-refractivity contribution in [2.24, 2.45) is 16.6 Å². The molecule has 3 heterocycles. The fourth-order valence-electron chi connectivity index (χ4n) is 5.83. The minimum Gasteiger partial charge on any atom is -0.444 e. The molecule has 1 aromatic carbocycles. The molecule has 9 heteroatoms. The first-order valence-corrected chi connectivity index (χ1v) is 13.8. The van der Waals surface area contributed by atoms with E-state index in [-0.39, 0.29) is 6.09 Å². The molecule has 5 rings (SSSR count). The highest BCUT2D eigenvalue weighted by molar-refractivity contribution is 6.09. The van der Waals surface area contributed by atoms with E-state index in [1.54, 1.807) is 12.4 Å². The lowest BCUT2D eigenvalue weighted by Crippen LogP contribution is -2.44. The Labute approximate surface area is 225 Å². The number of ether oxygens (including phenoxy) is 1. The molecule has 0 radical (unpaired) electrons. The van der Waals surface area contributed by atoms with Crippen molar-refractivity contribution >= 4 is 34.6 Å². The molecule has 9 nitrogen and oxygen atoms in total. The molecule has 2 bridgehead atoms. The molecule has 1 saturated carbocycles. The molecule has 204 valence electrons. The summed E-state index contributed by atoms with van der Waals surface area (Å²) in [6.07, 6.45) is 10.2. The van der Waals surface area contributed by atoms with Crippen molar-refractivity contribution in [2.45, 2.75) is 76.6 Å². The Balaban J connectivity index is 1.12. The number of benzene rings is 1. The summed E-state index contributed by atoms with van der Waals surface area (Å²) in [5.41, 5.74) is 10.0. The lowest BCUT2D eigenvalue weighted by molar-refractivity contribution is 0.0525. The van der Waals surface area contributed by atoms with Gasteiger partial charge in [0.25, 0.3) is 0 Å². The summed E-state index contributed by atoms with van der Waals surface area (Å²) in [6, 6.07) is 7.92. The molecule has 2 aliphatic heterocycles. The highest BCUT2D eigenvalue weighted by Crippen LogP contribution is 2.35. The van der Waals surface area contributed by atoms with Crippen molar-refractivity contribution in [2.75, 3.05) is 31.6 Å². The molecule has 2 aromatic rings. The van der Waals surface area contributed by atoms with Gasteiger partial charge in [-0.15, -0.1) is 0 Å².